The van der Waals surface area contributed by atoms with Crippen molar-refractivity contribution in [1.82, 2.24) is 0 Å². The van der Waals surface area contributed by atoms with Gasteiger partial charge in [-0.25, -0.2) is 0 Å². The largest absolute Gasteiger partial charge is 0.490 e. The molecular formula is C11H14O2. The summed E-state index contributed by atoms with van der Waals surface area (Å²) in [6.07, 6.45) is 0. The van der Waals surface area contributed by atoms with Crippen molar-refractivity contribution in [3.63, 3.8) is 0 Å². The molecule has 0 bridgehead atoms. The van der Waals surface area contributed by atoms with Crippen LogP contribution in [0.1, 0.15) is 19.4 Å². The van der Waals surface area contributed by atoms with Gasteiger partial charge in [-0.1, -0.05) is 18.2 Å². The van der Waals surface area contributed by atoms with Gasteiger partial charge < -0.3 is 9.47 Å². The van der Waals surface area contributed by atoms with E-state index in [9.17, 15) is 0 Å². The van der Waals surface area contributed by atoms with Crippen molar-refractivity contribution in [2.45, 2.75) is 26.1 Å². The molecule has 0 unspecified atom stereocenters. The Morgan fingerprint density at radius 3 is 2.85 bits per heavy atom. The van der Waals surface area contributed by atoms with E-state index in [-0.39, 0.29) is 5.60 Å². The molecule has 0 spiro atoms. The van der Waals surface area contributed by atoms with E-state index in [2.05, 4.69) is 0 Å². The van der Waals surface area contributed by atoms with Gasteiger partial charge in [0.1, 0.15) is 12.4 Å². The van der Waals surface area contributed by atoms with Crippen LogP contribution in [0.25, 0.3) is 0 Å². The Morgan fingerprint density at radius 1 is 1.23 bits per heavy atom. The van der Waals surface area contributed by atoms with Crippen LogP contribution in [0, 0.1) is 0 Å². The molecule has 70 valence electrons. The average molecular weight is 178 g/mol. The lowest BCUT2D eigenvalue weighted by molar-refractivity contribution is -0.0453. The third-order valence-corrected chi connectivity index (χ3v) is 2.17. The average Bonchev–Trinajstić information content (AvgIpc) is 2.27. The molecule has 2 heteroatoms. The van der Waals surface area contributed by atoms with E-state index in [1.54, 1.807) is 0 Å². The van der Waals surface area contributed by atoms with Gasteiger partial charge in [0.15, 0.2) is 0 Å². The predicted molar refractivity (Wildman–Crippen MR) is 50.8 cm³/mol. The fraction of sp³-hybridized carbons (Fsp3) is 0.455. The van der Waals surface area contributed by atoms with E-state index < -0.39 is 0 Å². The number of para-hydroxylation sites is 1. The van der Waals surface area contributed by atoms with Crippen molar-refractivity contribution in [2.24, 2.45) is 0 Å². The SMILES string of the molecule is CC1(C)COc2ccccc2CO1. The van der Waals surface area contributed by atoms with E-state index in [1.807, 2.05) is 38.1 Å². The van der Waals surface area contributed by atoms with E-state index in [0.29, 0.717) is 13.2 Å². The Labute approximate surface area is 78.5 Å². The van der Waals surface area contributed by atoms with Crippen LogP contribution in [0.4, 0.5) is 0 Å². The molecule has 0 radical (unpaired) electrons. The number of ether oxygens (including phenoxy) is 2. The van der Waals surface area contributed by atoms with Gasteiger partial charge in [-0.05, 0) is 19.9 Å². The number of fused-ring (bicyclic) bond motifs is 1. The van der Waals surface area contributed by atoms with Gasteiger partial charge in [-0.15, -0.1) is 0 Å². The van der Waals surface area contributed by atoms with Gasteiger partial charge in [-0.3, -0.25) is 0 Å². The Hall–Kier alpha value is -1.02. The smallest absolute Gasteiger partial charge is 0.124 e. The molecule has 1 aliphatic heterocycles. The van der Waals surface area contributed by atoms with Gasteiger partial charge in [-0.2, -0.15) is 0 Å². The first kappa shape index (κ1) is 8.57. The highest BCUT2D eigenvalue weighted by Crippen LogP contribution is 2.26. The lowest BCUT2D eigenvalue weighted by atomic mass is 10.1. The van der Waals surface area contributed by atoms with Gasteiger partial charge >= 0.3 is 0 Å². The molecule has 1 aromatic carbocycles. The third kappa shape index (κ3) is 1.83. The predicted octanol–water partition coefficient (Wildman–Crippen LogP) is 2.37. The van der Waals surface area contributed by atoms with E-state index >= 15 is 0 Å². The molecule has 0 saturated carbocycles. The van der Waals surface area contributed by atoms with E-state index in [4.69, 9.17) is 9.47 Å². The van der Waals surface area contributed by atoms with Crippen molar-refractivity contribution in [1.29, 1.82) is 0 Å². The molecule has 0 atom stereocenters. The maximum Gasteiger partial charge on any atom is 0.124 e. The summed E-state index contributed by atoms with van der Waals surface area (Å²) in [6, 6.07) is 8.01. The third-order valence-electron chi connectivity index (χ3n) is 2.17. The monoisotopic (exact) mass is 178 g/mol. The summed E-state index contributed by atoms with van der Waals surface area (Å²) >= 11 is 0. The highest BCUT2D eigenvalue weighted by Gasteiger charge is 2.23. The summed E-state index contributed by atoms with van der Waals surface area (Å²) in [7, 11) is 0. The minimum atomic E-state index is -0.182. The highest BCUT2D eigenvalue weighted by atomic mass is 16.6. The zero-order valence-electron chi connectivity index (χ0n) is 8.04. The molecule has 1 aromatic rings. The molecule has 0 aromatic heterocycles. The molecule has 0 N–H and O–H groups in total. The molecule has 2 nitrogen and oxygen atoms in total. The van der Waals surface area contributed by atoms with Crippen LogP contribution in [-0.4, -0.2) is 12.2 Å². The van der Waals surface area contributed by atoms with Gasteiger partial charge in [0, 0.05) is 5.56 Å². The summed E-state index contributed by atoms with van der Waals surface area (Å²) in [5, 5.41) is 0. The number of rotatable bonds is 0. The highest BCUT2D eigenvalue weighted by molar-refractivity contribution is 5.33. The lowest BCUT2D eigenvalue weighted by Crippen LogP contribution is -2.30. The maximum absolute atomic E-state index is 5.69. The second-order valence-electron chi connectivity index (χ2n) is 3.94. The summed E-state index contributed by atoms with van der Waals surface area (Å²) < 4.78 is 11.3. The fourth-order valence-corrected chi connectivity index (χ4v) is 1.33. The zero-order valence-corrected chi connectivity index (χ0v) is 8.04. The molecule has 1 aliphatic rings. The molecule has 1 heterocycles. The van der Waals surface area contributed by atoms with Gasteiger partial charge in [0.05, 0.1) is 12.2 Å². The molecule has 13 heavy (non-hydrogen) atoms. The summed E-state index contributed by atoms with van der Waals surface area (Å²) in [5.41, 5.74) is 0.951. The molecule has 0 amide bonds. The molecular weight excluding hydrogens is 164 g/mol. The first-order valence-corrected chi connectivity index (χ1v) is 4.52. The Balaban J connectivity index is 2.27. The quantitative estimate of drug-likeness (QED) is 0.607. The van der Waals surface area contributed by atoms with Crippen molar-refractivity contribution in [2.75, 3.05) is 6.61 Å². The van der Waals surface area contributed by atoms with Crippen LogP contribution >= 0.6 is 0 Å². The normalized spacial score (nSPS) is 19.8. The summed E-state index contributed by atoms with van der Waals surface area (Å²) in [6.45, 7) is 5.34. The Kier molecular flexibility index (Phi) is 2.00. The maximum atomic E-state index is 5.69. The van der Waals surface area contributed by atoms with Crippen LogP contribution in [0.3, 0.4) is 0 Å². The first-order valence-electron chi connectivity index (χ1n) is 4.52. The van der Waals surface area contributed by atoms with E-state index in [1.165, 1.54) is 0 Å². The van der Waals surface area contributed by atoms with Crippen molar-refractivity contribution < 1.29 is 9.47 Å². The number of hydrogen-bond donors (Lipinski definition) is 0. The second-order valence-corrected chi connectivity index (χ2v) is 3.94. The number of benzene rings is 1. The minimum absolute atomic E-state index is 0.182. The van der Waals surface area contributed by atoms with Crippen molar-refractivity contribution >= 4 is 0 Å². The zero-order chi connectivity index (χ0) is 9.31. The van der Waals surface area contributed by atoms with Crippen molar-refractivity contribution in [3.8, 4) is 5.75 Å². The Morgan fingerprint density at radius 2 is 2.00 bits per heavy atom. The molecule has 0 saturated heterocycles. The lowest BCUT2D eigenvalue weighted by Gasteiger charge is -2.21. The topological polar surface area (TPSA) is 18.5 Å². The van der Waals surface area contributed by atoms with Crippen LogP contribution in [0.2, 0.25) is 0 Å². The standard InChI is InChI=1S/C11H14O2/c1-11(2)8-12-10-6-4-3-5-9(10)7-13-11/h3-6H,7-8H2,1-2H3. The summed E-state index contributed by atoms with van der Waals surface area (Å²) in [5.74, 6) is 0.952. The van der Waals surface area contributed by atoms with Gasteiger partial charge in [0.2, 0.25) is 0 Å². The first-order chi connectivity index (χ1) is 6.17. The van der Waals surface area contributed by atoms with Gasteiger partial charge in [0.25, 0.3) is 0 Å². The second kappa shape index (κ2) is 3.04. The van der Waals surface area contributed by atoms with Crippen LogP contribution < -0.4 is 4.74 Å². The van der Waals surface area contributed by atoms with Crippen LogP contribution in [0.15, 0.2) is 24.3 Å². The summed E-state index contributed by atoms with van der Waals surface area (Å²) in [4.78, 5) is 0. The molecule has 0 aliphatic carbocycles. The minimum Gasteiger partial charge on any atom is -0.490 e. The van der Waals surface area contributed by atoms with E-state index in [0.717, 1.165) is 11.3 Å². The molecule has 2 rings (SSSR count). The Bertz CT molecular complexity index is 276. The van der Waals surface area contributed by atoms with Crippen LogP contribution in [-0.2, 0) is 11.3 Å². The molecule has 0 fully saturated rings. The fourth-order valence-electron chi connectivity index (χ4n) is 1.33. The number of hydrogen-bond acceptors (Lipinski definition) is 2. The van der Waals surface area contributed by atoms with Crippen molar-refractivity contribution in [3.05, 3.63) is 29.8 Å². The van der Waals surface area contributed by atoms with Crippen LogP contribution in [0.5, 0.6) is 5.75 Å².